The highest BCUT2D eigenvalue weighted by Gasteiger charge is 2.20. The van der Waals surface area contributed by atoms with Gasteiger partial charge in [0.15, 0.2) is 0 Å². The van der Waals surface area contributed by atoms with E-state index in [9.17, 15) is 22.8 Å². The first-order valence-corrected chi connectivity index (χ1v) is 9.29. The van der Waals surface area contributed by atoms with E-state index < -0.39 is 32.1 Å². The number of carbonyl (C=O) groups is 1. The summed E-state index contributed by atoms with van der Waals surface area (Å²) < 4.78 is 25.1. The van der Waals surface area contributed by atoms with E-state index in [0.29, 0.717) is 11.1 Å². The summed E-state index contributed by atoms with van der Waals surface area (Å²) in [4.78, 5) is 36.0. The molecule has 2 aromatic rings. The number of sulfonamides is 1. The molecule has 1 aromatic carbocycles. The lowest BCUT2D eigenvalue weighted by atomic mass is 10.2. The van der Waals surface area contributed by atoms with Crippen molar-refractivity contribution in [3.05, 3.63) is 38.0 Å². The Hall–Kier alpha value is -2.17. The maximum atomic E-state index is 12.6. The van der Waals surface area contributed by atoms with Crippen LogP contribution in [0.4, 0.5) is 0 Å². The molecule has 0 spiro atoms. The van der Waals surface area contributed by atoms with E-state index in [0.717, 1.165) is 19.4 Å². The number of nitrogens with two attached hydrogens (primary N) is 1. The van der Waals surface area contributed by atoms with Gasteiger partial charge in [-0.25, -0.2) is 18.4 Å². The van der Waals surface area contributed by atoms with Crippen molar-refractivity contribution in [2.75, 3.05) is 5.43 Å². The average Bonchev–Trinajstić information content (AvgIpc) is 2.49. The van der Waals surface area contributed by atoms with Crippen LogP contribution in [-0.4, -0.2) is 23.6 Å². The number of amides is 1. The molecule has 0 atom stereocenters. The fourth-order valence-corrected chi connectivity index (χ4v) is 3.47. The van der Waals surface area contributed by atoms with Gasteiger partial charge < -0.3 is 0 Å². The molecule has 1 aromatic heterocycles. The van der Waals surface area contributed by atoms with Crippen molar-refractivity contribution in [2.45, 2.75) is 38.1 Å². The fourth-order valence-electron chi connectivity index (χ4n) is 2.37. The minimum atomic E-state index is -4.17. The van der Waals surface area contributed by atoms with Crippen LogP contribution in [0.2, 0.25) is 5.02 Å². The molecule has 11 heteroatoms. The van der Waals surface area contributed by atoms with Crippen LogP contribution in [0.15, 0.2) is 26.6 Å². The number of nitrogens with one attached hydrogen (secondary N) is 1. The largest absolute Gasteiger partial charge is 0.350 e. The Kier molecular flexibility index (Phi) is 5.35. The topological polar surface area (TPSA) is 133 Å². The van der Waals surface area contributed by atoms with E-state index in [1.165, 1.54) is 10.6 Å². The first kappa shape index (κ1) is 19.2. The minimum Gasteiger partial charge on any atom is -0.292 e. The molecule has 0 unspecified atom stereocenters. The highest BCUT2D eigenvalue weighted by molar-refractivity contribution is 7.89. The Morgan fingerprint density at radius 3 is 2.48 bits per heavy atom. The summed E-state index contributed by atoms with van der Waals surface area (Å²) in [5.74, 6) is -0.624. The molecule has 3 N–H and O–H groups in total. The van der Waals surface area contributed by atoms with Crippen LogP contribution in [-0.2, 0) is 21.4 Å². The SMILES string of the molecule is CCCCn1c(=O)n(NC(C)=O)c(=O)c2cc(S(N)(=O)=O)c(Cl)cc21. The molecule has 0 saturated carbocycles. The molecule has 0 aliphatic heterocycles. The van der Waals surface area contributed by atoms with Gasteiger partial charge in [0.1, 0.15) is 4.90 Å². The second-order valence-electron chi connectivity index (χ2n) is 5.44. The Balaban J connectivity index is 2.98. The lowest BCUT2D eigenvalue weighted by molar-refractivity contribution is -0.115. The van der Waals surface area contributed by atoms with Crippen molar-refractivity contribution in [2.24, 2.45) is 5.14 Å². The van der Waals surface area contributed by atoms with Crippen LogP contribution in [0.25, 0.3) is 10.9 Å². The van der Waals surface area contributed by atoms with E-state index in [1.807, 2.05) is 6.92 Å². The number of primary sulfonamides is 1. The molecule has 0 bridgehead atoms. The first-order valence-electron chi connectivity index (χ1n) is 7.37. The van der Waals surface area contributed by atoms with Crippen LogP contribution in [0.3, 0.4) is 0 Å². The van der Waals surface area contributed by atoms with Gasteiger partial charge >= 0.3 is 5.69 Å². The number of fused-ring (bicyclic) bond motifs is 1. The van der Waals surface area contributed by atoms with Crippen LogP contribution in [0.5, 0.6) is 0 Å². The minimum absolute atomic E-state index is 0.0992. The standard InChI is InChI=1S/C14H17ClN4O5S/c1-3-4-5-18-11-7-10(15)12(25(16,23)24)6-9(11)13(21)19(14(18)22)17-8(2)20/h6-7H,3-5H2,1-2H3,(H,17,20)(H2,16,23,24). The number of hydrogen-bond donors (Lipinski definition) is 2. The van der Waals surface area contributed by atoms with Gasteiger partial charge in [0.05, 0.1) is 15.9 Å². The van der Waals surface area contributed by atoms with Gasteiger partial charge in [0, 0.05) is 13.5 Å². The van der Waals surface area contributed by atoms with Crippen LogP contribution < -0.4 is 21.8 Å². The van der Waals surface area contributed by atoms with Crippen molar-refractivity contribution < 1.29 is 13.2 Å². The molecule has 1 amide bonds. The second-order valence-corrected chi connectivity index (χ2v) is 7.38. The molecule has 9 nitrogen and oxygen atoms in total. The molecule has 0 saturated heterocycles. The van der Waals surface area contributed by atoms with Crippen LogP contribution in [0, 0.1) is 0 Å². The summed E-state index contributed by atoms with van der Waals surface area (Å²) in [5, 5.41) is 4.81. The molecule has 0 aliphatic carbocycles. The normalized spacial score (nSPS) is 11.7. The Morgan fingerprint density at radius 2 is 1.96 bits per heavy atom. The number of benzene rings is 1. The number of rotatable bonds is 5. The molecule has 25 heavy (non-hydrogen) atoms. The molecule has 1 heterocycles. The summed E-state index contributed by atoms with van der Waals surface area (Å²) in [5.41, 5.74) is 0.690. The zero-order valence-corrected chi connectivity index (χ0v) is 15.1. The molecule has 136 valence electrons. The Labute approximate surface area is 148 Å². The first-order chi connectivity index (χ1) is 11.6. The number of aryl methyl sites for hydroxylation is 1. The third-order valence-electron chi connectivity index (χ3n) is 3.51. The lowest BCUT2D eigenvalue weighted by Gasteiger charge is -2.15. The molecular formula is C14H17ClN4O5S. The van der Waals surface area contributed by atoms with Crippen molar-refractivity contribution in [3.63, 3.8) is 0 Å². The number of aromatic nitrogens is 2. The van der Waals surface area contributed by atoms with Crippen molar-refractivity contribution >= 4 is 38.4 Å². The van der Waals surface area contributed by atoms with E-state index in [4.69, 9.17) is 16.7 Å². The zero-order chi connectivity index (χ0) is 18.9. The predicted octanol–water partition coefficient (Wildman–Crippen LogP) is 0.354. The van der Waals surface area contributed by atoms with Gasteiger partial charge in [-0.2, -0.15) is 4.68 Å². The molecule has 0 radical (unpaired) electrons. The Morgan fingerprint density at radius 1 is 1.32 bits per heavy atom. The number of unbranched alkanes of at least 4 members (excludes halogenated alkanes) is 1. The fraction of sp³-hybridized carbons (Fsp3) is 0.357. The number of hydrogen-bond acceptors (Lipinski definition) is 5. The molecule has 2 rings (SSSR count). The third kappa shape index (κ3) is 3.75. The van der Waals surface area contributed by atoms with Crippen molar-refractivity contribution in [1.82, 2.24) is 9.24 Å². The van der Waals surface area contributed by atoms with Gasteiger partial charge in [-0.1, -0.05) is 24.9 Å². The smallest absolute Gasteiger partial charge is 0.292 e. The monoisotopic (exact) mass is 388 g/mol. The highest BCUT2D eigenvalue weighted by Crippen LogP contribution is 2.24. The lowest BCUT2D eigenvalue weighted by Crippen LogP contribution is -2.46. The van der Waals surface area contributed by atoms with Gasteiger partial charge in [-0.15, -0.1) is 0 Å². The van der Waals surface area contributed by atoms with Gasteiger partial charge in [-0.3, -0.25) is 19.6 Å². The number of nitrogens with zero attached hydrogens (tertiary/aromatic N) is 2. The van der Waals surface area contributed by atoms with E-state index in [-0.39, 0.29) is 22.5 Å². The zero-order valence-electron chi connectivity index (χ0n) is 13.6. The molecular weight excluding hydrogens is 372 g/mol. The number of halogens is 1. The van der Waals surface area contributed by atoms with Crippen molar-refractivity contribution in [1.29, 1.82) is 0 Å². The van der Waals surface area contributed by atoms with Gasteiger partial charge in [-0.05, 0) is 18.6 Å². The second kappa shape index (κ2) is 6.98. The summed E-state index contributed by atoms with van der Waals surface area (Å²) in [6, 6.07) is 2.22. The predicted molar refractivity (Wildman–Crippen MR) is 93.8 cm³/mol. The van der Waals surface area contributed by atoms with E-state index in [2.05, 4.69) is 5.43 Å². The maximum Gasteiger partial charge on any atom is 0.350 e. The highest BCUT2D eigenvalue weighted by atomic mass is 35.5. The number of carbonyl (C=O) groups excluding carboxylic acids is 1. The van der Waals surface area contributed by atoms with Crippen LogP contribution in [0.1, 0.15) is 26.7 Å². The van der Waals surface area contributed by atoms with Crippen LogP contribution >= 0.6 is 11.6 Å². The van der Waals surface area contributed by atoms with Crippen molar-refractivity contribution in [3.8, 4) is 0 Å². The third-order valence-corrected chi connectivity index (χ3v) is 4.88. The van der Waals surface area contributed by atoms with E-state index >= 15 is 0 Å². The summed E-state index contributed by atoms with van der Waals surface area (Å²) in [7, 11) is -4.17. The molecule has 0 fully saturated rings. The summed E-state index contributed by atoms with van der Waals surface area (Å²) >= 11 is 5.97. The van der Waals surface area contributed by atoms with Gasteiger partial charge in [0.25, 0.3) is 5.56 Å². The Bertz CT molecular complexity index is 1070. The quantitative estimate of drug-likeness (QED) is 0.762. The van der Waals surface area contributed by atoms with E-state index in [1.54, 1.807) is 0 Å². The summed E-state index contributed by atoms with van der Waals surface area (Å²) in [6.45, 7) is 3.32. The average molecular weight is 389 g/mol. The maximum absolute atomic E-state index is 12.6. The molecule has 0 aliphatic rings. The van der Waals surface area contributed by atoms with Gasteiger partial charge in [0.2, 0.25) is 15.9 Å². The summed E-state index contributed by atoms with van der Waals surface area (Å²) in [6.07, 6.45) is 1.40.